The standard InChI is InChI=1S/C24H23ClN2O/c1-2-3-11-24-27-22(20-14-17(25)12-13-23(20)28-24)15-21(26-27)19-10-6-8-16-7-4-5-9-18(16)19/h4-10,12-14,22,24H,2-3,11,15H2,1H3/t22-,24+/m0/s1. The van der Waals surface area contributed by atoms with Crippen LogP contribution in [0.15, 0.2) is 65.8 Å². The van der Waals surface area contributed by atoms with Gasteiger partial charge in [0.1, 0.15) is 5.75 Å². The number of unbranched alkanes of at least 4 members (excludes halogenated alkanes) is 1. The number of nitrogens with zero attached hydrogens (tertiary/aromatic N) is 2. The SMILES string of the molecule is CCCC[C@H]1Oc2ccc(Cl)cc2[C@@H]2CC(c3cccc4ccccc34)=NN12. The number of halogens is 1. The summed E-state index contributed by atoms with van der Waals surface area (Å²) in [5.41, 5.74) is 3.48. The van der Waals surface area contributed by atoms with Gasteiger partial charge in [0.15, 0.2) is 6.23 Å². The second-order valence-corrected chi connectivity index (χ2v) is 8.01. The van der Waals surface area contributed by atoms with E-state index in [2.05, 4.69) is 54.4 Å². The molecule has 3 aromatic carbocycles. The van der Waals surface area contributed by atoms with Gasteiger partial charge in [-0.15, -0.1) is 0 Å². The minimum Gasteiger partial charge on any atom is -0.469 e. The summed E-state index contributed by atoms with van der Waals surface area (Å²) in [6.45, 7) is 2.21. The van der Waals surface area contributed by atoms with Crippen molar-refractivity contribution >= 4 is 28.1 Å². The fourth-order valence-electron chi connectivity index (χ4n) is 4.34. The van der Waals surface area contributed by atoms with Gasteiger partial charge in [0.05, 0.1) is 11.8 Å². The van der Waals surface area contributed by atoms with E-state index in [9.17, 15) is 0 Å². The molecular formula is C24H23ClN2O. The molecule has 4 heteroatoms. The fraction of sp³-hybridized carbons (Fsp3) is 0.292. The Morgan fingerprint density at radius 2 is 1.96 bits per heavy atom. The van der Waals surface area contributed by atoms with E-state index in [-0.39, 0.29) is 12.3 Å². The summed E-state index contributed by atoms with van der Waals surface area (Å²) in [5.74, 6) is 0.945. The lowest BCUT2D eigenvalue weighted by atomic mass is 9.94. The van der Waals surface area contributed by atoms with Crippen LogP contribution in [0.3, 0.4) is 0 Å². The Kier molecular flexibility index (Phi) is 4.48. The molecule has 2 aliphatic heterocycles. The number of hydrogen-bond donors (Lipinski definition) is 0. The molecule has 0 radical (unpaired) electrons. The molecule has 28 heavy (non-hydrogen) atoms. The van der Waals surface area contributed by atoms with Gasteiger partial charge >= 0.3 is 0 Å². The Morgan fingerprint density at radius 3 is 2.86 bits per heavy atom. The number of hydrazone groups is 1. The summed E-state index contributed by atoms with van der Waals surface area (Å²) < 4.78 is 6.33. The van der Waals surface area contributed by atoms with Crippen molar-refractivity contribution in [1.29, 1.82) is 0 Å². The van der Waals surface area contributed by atoms with Crippen LogP contribution in [0.5, 0.6) is 5.75 Å². The summed E-state index contributed by atoms with van der Waals surface area (Å²) >= 11 is 6.31. The Bertz CT molecular complexity index is 1060. The number of fused-ring (bicyclic) bond motifs is 4. The van der Waals surface area contributed by atoms with Gasteiger partial charge < -0.3 is 4.74 Å². The van der Waals surface area contributed by atoms with E-state index in [1.807, 2.05) is 18.2 Å². The minimum atomic E-state index is -0.0221. The summed E-state index contributed by atoms with van der Waals surface area (Å²) in [6, 6.07) is 21.1. The number of rotatable bonds is 4. The van der Waals surface area contributed by atoms with Crippen LogP contribution >= 0.6 is 11.6 Å². The van der Waals surface area contributed by atoms with Gasteiger partial charge in [0, 0.05) is 29.0 Å². The lowest BCUT2D eigenvalue weighted by molar-refractivity contribution is -0.0231. The van der Waals surface area contributed by atoms with Gasteiger partial charge in [-0.1, -0.05) is 67.4 Å². The van der Waals surface area contributed by atoms with Crippen LogP contribution in [0.2, 0.25) is 5.02 Å². The lowest BCUT2D eigenvalue weighted by Crippen LogP contribution is -2.40. The van der Waals surface area contributed by atoms with Crippen molar-refractivity contribution < 1.29 is 4.74 Å². The molecule has 2 atom stereocenters. The van der Waals surface area contributed by atoms with Crippen molar-refractivity contribution in [3.05, 3.63) is 76.8 Å². The topological polar surface area (TPSA) is 24.8 Å². The molecule has 0 saturated heterocycles. The van der Waals surface area contributed by atoms with Crippen LogP contribution in [0.25, 0.3) is 10.8 Å². The van der Waals surface area contributed by atoms with Crippen LogP contribution < -0.4 is 4.74 Å². The third-order valence-electron chi connectivity index (χ3n) is 5.74. The zero-order chi connectivity index (χ0) is 19.1. The Hall–Kier alpha value is -2.52. The molecule has 142 valence electrons. The number of benzene rings is 3. The summed E-state index contributed by atoms with van der Waals surface area (Å²) in [5, 5.41) is 10.5. The molecule has 0 aromatic heterocycles. The molecule has 0 fully saturated rings. The zero-order valence-electron chi connectivity index (χ0n) is 15.9. The van der Waals surface area contributed by atoms with E-state index in [0.29, 0.717) is 0 Å². The Labute approximate surface area is 170 Å². The van der Waals surface area contributed by atoms with Crippen LogP contribution in [-0.4, -0.2) is 16.9 Å². The molecule has 2 heterocycles. The lowest BCUT2D eigenvalue weighted by Gasteiger charge is -2.38. The predicted molar refractivity (Wildman–Crippen MR) is 115 cm³/mol. The number of ether oxygens (including phenoxy) is 1. The smallest absolute Gasteiger partial charge is 0.187 e. The average molecular weight is 391 g/mol. The molecular weight excluding hydrogens is 368 g/mol. The van der Waals surface area contributed by atoms with Crippen molar-refractivity contribution in [3.8, 4) is 5.75 Å². The van der Waals surface area contributed by atoms with E-state index in [1.54, 1.807) is 0 Å². The maximum atomic E-state index is 6.33. The van der Waals surface area contributed by atoms with Crippen LogP contribution in [-0.2, 0) is 0 Å². The second-order valence-electron chi connectivity index (χ2n) is 7.57. The van der Waals surface area contributed by atoms with Crippen LogP contribution in [0.1, 0.15) is 49.8 Å². The fourth-order valence-corrected chi connectivity index (χ4v) is 4.52. The maximum Gasteiger partial charge on any atom is 0.187 e. The largest absolute Gasteiger partial charge is 0.469 e. The first-order valence-electron chi connectivity index (χ1n) is 10.0. The Balaban J connectivity index is 1.58. The molecule has 3 aromatic rings. The molecule has 0 spiro atoms. The van der Waals surface area contributed by atoms with Crippen molar-refractivity contribution in [2.24, 2.45) is 5.10 Å². The highest BCUT2D eigenvalue weighted by molar-refractivity contribution is 6.30. The molecule has 2 aliphatic rings. The van der Waals surface area contributed by atoms with Crippen molar-refractivity contribution in [1.82, 2.24) is 5.01 Å². The summed E-state index contributed by atoms with van der Waals surface area (Å²) in [7, 11) is 0. The Morgan fingerprint density at radius 1 is 1.11 bits per heavy atom. The normalized spacial score (nSPS) is 20.5. The van der Waals surface area contributed by atoms with E-state index in [1.165, 1.54) is 16.3 Å². The quantitative estimate of drug-likeness (QED) is 0.504. The van der Waals surface area contributed by atoms with Gasteiger partial charge in [0.2, 0.25) is 0 Å². The molecule has 0 amide bonds. The van der Waals surface area contributed by atoms with Crippen LogP contribution in [0, 0.1) is 0 Å². The molecule has 0 aliphatic carbocycles. The first-order valence-corrected chi connectivity index (χ1v) is 10.4. The summed E-state index contributed by atoms with van der Waals surface area (Å²) in [4.78, 5) is 0. The van der Waals surface area contributed by atoms with Gasteiger partial charge in [-0.3, -0.25) is 5.01 Å². The first kappa shape index (κ1) is 17.6. The van der Waals surface area contributed by atoms with Gasteiger partial charge in [-0.2, -0.15) is 5.10 Å². The minimum absolute atomic E-state index is 0.0221. The first-order chi connectivity index (χ1) is 13.7. The van der Waals surface area contributed by atoms with E-state index in [0.717, 1.165) is 47.7 Å². The molecule has 0 unspecified atom stereocenters. The zero-order valence-corrected chi connectivity index (χ0v) is 16.7. The third kappa shape index (κ3) is 2.94. The van der Waals surface area contributed by atoms with Crippen LogP contribution in [0.4, 0.5) is 0 Å². The van der Waals surface area contributed by atoms with Gasteiger partial charge in [-0.25, -0.2) is 0 Å². The third-order valence-corrected chi connectivity index (χ3v) is 5.97. The molecule has 3 nitrogen and oxygen atoms in total. The van der Waals surface area contributed by atoms with E-state index < -0.39 is 0 Å². The highest BCUT2D eigenvalue weighted by Crippen LogP contribution is 2.45. The molecule has 0 saturated carbocycles. The highest BCUT2D eigenvalue weighted by atomic mass is 35.5. The molecule has 0 N–H and O–H groups in total. The highest BCUT2D eigenvalue weighted by Gasteiger charge is 2.40. The second kappa shape index (κ2) is 7.14. The van der Waals surface area contributed by atoms with Crippen molar-refractivity contribution in [2.45, 2.75) is 44.9 Å². The predicted octanol–water partition coefficient (Wildman–Crippen LogP) is 6.55. The average Bonchev–Trinajstić information content (AvgIpc) is 3.17. The monoisotopic (exact) mass is 390 g/mol. The van der Waals surface area contributed by atoms with Gasteiger partial charge in [0.25, 0.3) is 0 Å². The van der Waals surface area contributed by atoms with E-state index in [4.69, 9.17) is 21.4 Å². The molecule has 0 bridgehead atoms. The summed E-state index contributed by atoms with van der Waals surface area (Å²) in [6.07, 6.45) is 4.09. The van der Waals surface area contributed by atoms with Crippen molar-refractivity contribution in [3.63, 3.8) is 0 Å². The van der Waals surface area contributed by atoms with E-state index >= 15 is 0 Å². The number of hydrogen-bond acceptors (Lipinski definition) is 3. The van der Waals surface area contributed by atoms with Gasteiger partial charge in [-0.05, 0) is 35.4 Å². The maximum absolute atomic E-state index is 6.33. The van der Waals surface area contributed by atoms with Crippen molar-refractivity contribution in [2.75, 3.05) is 0 Å². The molecule has 5 rings (SSSR count).